The number of carbonyl (C=O) groups excluding carboxylic acids is 1. The van der Waals surface area contributed by atoms with Crippen molar-refractivity contribution in [2.45, 2.75) is 29.9 Å². The number of fused-ring (bicyclic) bond motifs is 1. The summed E-state index contributed by atoms with van der Waals surface area (Å²) in [6.07, 6.45) is 4.02. The number of rotatable bonds is 11. The number of hydrogen-bond donors (Lipinski definition) is 3. The first-order valence-electron chi connectivity index (χ1n) is 18.2. The predicted molar refractivity (Wildman–Crippen MR) is 219 cm³/mol. The molecule has 12 heteroatoms. The summed E-state index contributed by atoms with van der Waals surface area (Å²) < 4.78 is 0. The first-order valence-corrected chi connectivity index (χ1v) is 20.1. The number of para-hydroxylation sites is 1. The molecule has 0 saturated carbocycles. The molecule has 4 N–H and O–H groups in total. The van der Waals surface area contributed by atoms with E-state index in [1.165, 1.54) is 22.6 Å². The highest BCUT2D eigenvalue weighted by Crippen LogP contribution is 2.42. The molecule has 3 aliphatic rings. The number of piperidine rings is 1. The summed E-state index contributed by atoms with van der Waals surface area (Å²) in [4.78, 5) is 42.4. The summed E-state index contributed by atoms with van der Waals surface area (Å²) >= 11 is 2.83. The smallest absolute Gasteiger partial charge is 0.352 e. The average Bonchev–Trinajstić information content (AvgIpc) is 3.65. The molecule has 4 aromatic carbocycles. The van der Waals surface area contributed by atoms with Crippen LogP contribution >= 0.6 is 23.1 Å². The SMILES string of the molecule is Nc1nc(C(=NOC(c2ccccc2)(c2ccccc2)c2ccccc2)C(=O)N[C@@H]2CN3C(C(=O)O)=C(C=C4CCCN(c5ccccc5)C4)CS[C@H]23)cs1. The Morgan fingerprint density at radius 1 is 0.909 bits per heavy atom. The standard InChI is InChI=1S/C43H40N6O4S2/c44-42-46-36(28-55-42)37(47-53-43(31-15-5-1-6-16-31,32-17-7-2-8-18-32)33-19-9-3-10-20-33)39(50)45-35-26-49-38(41(51)52)30(27-54-40(35)49)24-29-14-13-23-48(25-29)34-21-11-4-12-22-34/h1-12,15-22,24,28,35,40H,13-14,23,25-27H2,(H2,44,46)(H,45,50)(H,51,52)/t35-,40-/m1/s1. The first-order chi connectivity index (χ1) is 26.9. The number of aromatic nitrogens is 1. The molecule has 2 fully saturated rings. The van der Waals surface area contributed by atoms with Gasteiger partial charge in [0, 0.05) is 53.1 Å². The van der Waals surface area contributed by atoms with Gasteiger partial charge in [0.25, 0.3) is 5.91 Å². The Bertz CT molecular complexity index is 2150. The average molecular weight is 769 g/mol. The lowest BCUT2D eigenvalue weighted by molar-refractivity contribution is -0.135. The lowest BCUT2D eigenvalue weighted by Gasteiger charge is -2.51. The first kappa shape index (κ1) is 36.1. The number of carbonyl (C=O) groups is 2. The van der Waals surface area contributed by atoms with E-state index < -0.39 is 17.5 Å². The number of allylic oxidation sites excluding steroid dienone is 1. The van der Waals surface area contributed by atoms with Gasteiger partial charge in [0.15, 0.2) is 10.8 Å². The van der Waals surface area contributed by atoms with E-state index in [0.29, 0.717) is 18.0 Å². The van der Waals surface area contributed by atoms with Gasteiger partial charge < -0.3 is 30.8 Å². The van der Waals surface area contributed by atoms with Crippen LogP contribution in [0, 0.1) is 0 Å². The minimum Gasteiger partial charge on any atom is -0.477 e. The molecule has 278 valence electrons. The van der Waals surface area contributed by atoms with Gasteiger partial charge in [-0.15, -0.1) is 23.1 Å². The maximum absolute atomic E-state index is 14.3. The molecule has 1 amide bonds. The summed E-state index contributed by atoms with van der Waals surface area (Å²) in [5.41, 5.74) is 11.0. The lowest BCUT2D eigenvalue weighted by Crippen LogP contribution is -2.67. The van der Waals surface area contributed by atoms with Gasteiger partial charge in [-0.25, -0.2) is 9.78 Å². The Labute approximate surface area is 328 Å². The third kappa shape index (κ3) is 7.35. The Hall–Kier alpha value is -5.85. The van der Waals surface area contributed by atoms with Crippen LogP contribution in [0.4, 0.5) is 10.8 Å². The zero-order chi connectivity index (χ0) is 37.8. The Balaban J connectivity index is 1.07. The van der Waals surface area contributed by atoms with Crippen molar-refractivity contribution < 1.29 is 19.5 Å². The molecular weight excluding hydrogens is 729 g/mol. The van der Waals surface area contributed by atoms with Gasteiger partial charge in [0.1, 0.15) is 11.4 Å². The fourth-order valence-corrected chi connectivity index (χ4v) is 9.45. The Kier molecular flexibility index (Phi) is 10.4. The number of anilines is 2. The highest BCUT2D eigenvalue weighted by molar-refractivity contribution is 8.00. The molecule has 2 saturated heterocycles. The number of thioether (sulfide) groups is 1. The second-order valence-electron chi connectivity index (χ2n) is 13.7. The fraction of sp³-hybridized carbons (Fsp3) is 0.209. The van der Waals surface area contributed by atoms with Crippen molar-refractivity contribution in [2.75, 3.05) is 36.0 Å². The van der Waals surface area contributed by atoms with Crippen LogP contribution in [-0.2, 0) is 20.0 Å². The summed E-state index contributed by atoms with van der Waals surface area (Å²) in [5.74, 6) is -0.939. The molecule has 55 heavy (non-hydrogen) atoms. The van der Waals surface area contributed by atoms with E-state index in [1.807, 2.05) is 114 Å². The van der Waals surface area contributed by atoms with Crippen LogP contribution in [-0.4, -0.2) is 69.4 Å². The van der Waals surface area contributed by atoms with Gasteiger partial charge in [0.05, 0.1) is 11.4 Å². The second-order valence-corrected chi connectivity index (χ2v) is 15.7. The largest absolute Gasteiger partial charge is 0.477 e. The topological polar surface area (TPSA) is 133 Å². The highest BCUT2D eigenvalue weighted by Gasteiger charge is 2.47. The summed E-state index contributed by atoms with van der Waals surface area (Å²) in [6, 6.07) is 39.3. The van der Waals surface area contributed by atoms with Crippen LogP contribution in [0.1, 0.15) is 35.2 Å². The second kappa shape index (κ2) is 15.9. The number of amides is 1. The van der Waals surface area contributed by atoms with Crippen molar-refractivity contribution in [3.8, 4) is 0 Å². The maximum Gasteiger partial charge on any atom is 0.352 e. The molecule has 0 spiro atoms. The number of carboxylic acids is 1. The van der Waals surface area contributed by atoms with Gasteiger partial charge in [0.2, 0.25) is 5.60 Å². The molecule has 0 unspecified atom stereocenters. The van der Waals surface area contributed by atoms with E-state index in [0.717, 1.165) is 48.2 Å². The fourth-order valence-electron chi connectivity index (χ4n) is 7.58. The van der Waals surface area contributed by atoms with Crippen LogP contribution in [0.15, 0.2) is 155 Å². The van der Waals surface area contributed by atoms with Gasteiger partial charge >= 0.3 is 5.97 Å². The molecule has 0 radical (unpaired) electrons. The number of nitrogens with zero attached hydrogens (tertiary/aromatic N) is 4. The predicted octanol–water partition coefficient (Wildman–Crippen LogP) is 6.88. The van der Waals surface area contributed by atoms with Gasteiger partial charge in [-0.2, -0.15) is 0 Å². The van der Waals surface area contributed by atoms with E-state index in [-0.39, 0.29) is 28.0 Å². The van der Waals surface area contributed by atoms with Gasteiger partial charge in [-0.3, -0.25) is 4.79 Å². The number of hydrogen-bond acceptors (Lipinski definition) is 10. The number of oxime groups is 1. The quantitative estimate of drug-likeness (QED) is 0.0748. The van der Waals surface area contributed by atoms with E-state index in [4.69, 9.17) is 10.6 Å². The van der Waals surface area contributed by atoms with Crippen molar-refractivity contribution in [1.82, 2.24) is 15.2 Å². The number of nitrogen functional groups attached to an aromatic ring is 1. The summed E-state index contributed by atoms with van der Waals surface area (Å²) in [7, 11) is 0. The number of carboxylic acid groups (broad SMARTS) is 1. The number of aliphatic carboxylic acids is 1. The molecule has 3 aliphatic heterocycles. The van der Waals surface area contributed by atoms with Crippen LogP contribution in [0.2, 0.25) is 0 Å². The van der Waals surface area contributed by atoms with Crippen molar-refractivity contribution >= 4 is 51.5 Å². The van der Waals surface area contributed by atoms with Crippen LogP contribution in [0.3, 0.4) is 0 Å². The Morgan fingerprint density at radius 2 is 1.51 bits per heavy atom. The van der Waals surface area contributed by atoms with Crippen LogP contribution in [0.25, 0.3) is 0 Å². The van der Waals surface area contributed by atoms with Crippen LogP contribution < -0.4 is 16.0 Å². The molecule has 2 atom stereocenters. The molecular formula is C43H40N6O4S2. The van der Waals surface area contributed by atoms with Crippen molar-refractivity contribution in [3.05, 3.63) is 172 Å². The molecule has 0 bridgehead atoms. The number of nitrogens with one attached hydrogen (secondary N) is 1. The molecule has 0 aliphatic carbocycles. The van der Waals surface area contributed by atoms with Crippen molar-refractivity contribution in [3.63, 3.8) is 0 Å². The highest BCUT2D eigenvalue weighted by atomic mass is 32.2. The zero-order valence-corrected chi connectivity index (χ0v) is 31.6. The van der Waals surface area contributed by atoms with Crippen LogP contribution in [0.5, 0.6) is 0 Å². The third-order valence-corrected chi connectivity index (χ3v) is 12.3. The normalized spacial score (nSPS) is 19.4. The van der Waals surface area contributed by atoms with E-state index in [1.54, 1.807) is 17.1 Å². The zero-order valence-electron chi connectivity index (χ0n) is 30.0. The molecule has 8 rings (SSSR count). The Morgan fingerprint density at radius 3 is 2.07 bits per heavy atom. The van der Waals surface area contributed by atoms with Gasteiger partial charge in [-0.1, -0.05) is 126 Å². The minimum atomic E-state index is -1.22. The van der Waals surface area contributed by atoms with E-state index in [2.05, 4.69) is 38.6 Å². The van der Waals surface area contributed by atoms with E-state index in [9.17, 15) is 14.7 Å². The maximum atomic E-state index is 14.3. The van der Waals surface area contributed by atoms with E-state index >= 15 is 0 Å². The van der Waals surface area contributed by atoms with Crippen molar-refractivity contribution in [2.24, 2.45) is 5.16 Å². The minimum absolute atomic E-state index is 0.0286. The molecule has 4 heterocycles. The summed E-state index contributed by atoms with van der Waals surface area (Å²) in [5, 5.41) is 19.9. The third-order valence-electron chi connectivity index (χ3n) is 10.2. The lowest BCUT2D eigenvalue weighted by atomic mass is 9.80. The molecule has 10 nitrogen and oxygen atoms in total. The number of thiazole rings is 1. The summed E-state index contributed by atoms with van der Waals surface area (Å²) in [6.45, 7) is 2.06. The van der Waals surface area contributed by atoms with Crippen molar-refractivity contribution in [1.29, 1.82) is 0 Å². The molecule has 5 aromatic rings. The monoisotopic (exact) mass is 768 g/mol. The number of nitrogens with two attached hydrogens (primary N) is 1. The number of benzene rings is 4. The van der Waals surface area contributed by atoms with Gasteiger partial charge in [-0.05, 0) is 30.5 Å². The molecule has 1 aromatic heterocycles.